The van der Waals surface area contributed by atoms with E-state index in [9.17, 15) is 4.79 Å². The Morgan fingerprint density at radius 3 is 2.44 bits per heavy atom. The third-order valence-electron chi connectivity index (χ3n) is 4.04. The highest BCUT2D eigenvalue weighted by Gasteiger charge is 2.21. The van der Waals surface area contributed by atoms with Crippen molar-refractivity contribution in [1.82, 2.24) is 14.9 Å². The van der Waals surface area contributed by atoms with Gasteiger partial charge in [0.25, 0.3) is 0 Å². The van der Waals surface area contributed by atoms with Gasteiger partial charge in [0.15, 0.2) is 0 Å². The minimum Gasteiger partial charge on any atom is -0.340 e. The fraction of sp³-hybridized carbons (Fsp3) is 0.353. The molecule has 3 rings (SSSR count). The van der Waals surface area contributed by atoms with Crippen LogP contribution >= 0.6 is 23.2 Å². The summed E-state index contributed by atoms with van der Waals surface area (Å²) >= 11 is 12.0. The molecule has 1 N–H and O–H groups in total. The molecule has 0 atom stereocenters. The van der Waals surface area contributed by atoms with E-state index in [0.29, 0.717) is 34.9 Å². The molecule has 1 aliphatic rings. The first-order valence-corrected chi connectivity index (χ1v) is 8.76. The Balaban J connectivity index is 1.76. The number of aryl methyl sites for hydroxylation is 1. The number of rotatable bonds is 3. The number of aromatic nitrogens is 2. The number of carbonyl (C=O) groups excluding carboxylic acids is 1. The van der Waals surface area contributed by atoms with Crippen LogP contribution in [0.3, 0.4) is 0 Å². The van der Waals surface area contributed by atoms with Crippen molar-refractivity contribution < 1.29 is 4.79 Å². The zero-order valence-electron chi connectivity index (χ0n) is 14.1. The Bertz CT molecular complexity index is 791. The van der Waals surface area contributed by atoms with Crippen LogP contribution in [0.1, 0.15) is 12.6 Å². The van der Waals surface area contributed by atoms with Crippen molar-refractivity contribution in [3.63, 3.8) is 0 Å². The fourth-order valence-corrected chi connectivity index (χ4v) is 3.00. The van der Waals surface area contributed by atoms with Gasteiger partial charge in [-0.1, -0.05) is 23.2 Å². The minimum absolute atomic E-state index is 0.104. The van der Waals surface area contributed by atoms with Gasteiger partial charge >= 0.3 is 0 Å². The van der Waals surface area contributed by atoms with E-state index in [1.807, 2.05) is 24.0 Å². The topological polar surface area (TPSA) is 61.4 Å². The monoisotopic (exact) mass is 379 g/mol. The maximum absolute atomic E-state index is 11.5. The zero-order valence-corrected chi connectivity index (χ0v) is 15.6. The maximum atomic E-state index is 11.5. The molecular formula is C17H19Cl2N5O. The van der Waals surface area contributed by atoms with E-state index in [1.165, 1.54) is 0 Å². The van der Waals surface area contributed by atoms with Crippen LogP contribution in [0.4, 0.5) is 17.5 Å². The Kier molecular flexibility index (Phi) is 5.30. The van der Waals surface area contributed by atoms with Crippen molar-refractivity contribution >= 4 is 46.6 Å². The van der Waals surface area contributed by atoms with Crippen molar-refractivity contribution in [3.05, 3.63) is 40.0 Å². The van der Waals surface area contributed by atoms with Crippen molar-refractivity contribution in [2.45, 2.75) is 13.8 Å². The summed E-state index contributed by atoms with van der Waals surface area (Å²) in [6.45, 7) is 6.32. The van der Waals surface area contributed by atoms with Gasteiger partial charge in [0, 0.05) is 50.6 Å². The van der Waals surface area contributed by atoms with Crippen LogP contribution in [0.15, 0.2) is 24.3 Å². The van der Waals surface area contributed by atoms with Gasteiger partial charge in [0.2, 0.25) is 11.9 Å². The van der Waals surface area contributed by atoms with Gasteiger partial charge in [-0.3, -0.25) is 4.79 Å². The second-order valence-electron chi connectivity index (χ2n) is 5.94. The fourth-order valence-electron chi connectivity index (χ4n) is 2.70. The first-order valence-electron chi connectivity index (χ1n) is 8.00. The van der Waals surface area contributed by atoms with Crippen LogP contribution < -0.4 is 10.2 Å². The van der Waals surface area contributed by atoms with Crippen LogP contribution in [-0.2, 0) is 4.79 Å². The smallest absolute Gasteiger partial charge is 0.227 e. The number of nitrogens with zero attached hydrogens (tertiary/aromatic N) is 4. The summed E-state index contributed by atoms with van der Waals surface area (Å²) in [4.78, 5) is 24.5. The SMILES string of the molecule is CC(=O)N1CCN(c2nc(C)cc(Nc3ccc(Cl)c(Cl)c3)n2)CC1. The number of hydrogen-bond donors (Lipinski definition) is 1. The molecule has 132 valence electrons. The molecule has 1 aliphatic heterocycles. The van der Waals surface area contributed by atoms with E-state index in [2.05, 4.69) is 20.2 Å². The second-order valence-corrected chi connectivity index (χ2v) is 6.76. The van der Waals surface area contributed by atoms with Gasteiger partial charge < -0.3 is 15.1 Å². The summed E-state index contributed by atoms with van der Waals surface area (Å²) in [6, 6.07) is 7.21. The summed E-state index contributed by atoms with van der Waals surface area (Å²) in [6.07, 6.45) is 0. The predicted molar refractivity (Wildman–Crippen MR) is 101 cm³/mol. The number of amides is 1. The van der Waals surface area contributed by atoms with E-state index < -0.39 is 0 Å². The van der Waals surface area contributed by atoms with Gasteiger partial charge in [0.1, 0.15) is 5.82 Å². The number of benzene rings is 1. The number of halogens is 2. The summed E-state index contributed by atoms with van der Waals surface area (Å²) in [5.41, 5.74) is 1.67. The van der Waals surface area contributed by atoms with Crippen molar-refractivity contribution in [1.29, 1.82) is 0 Å². The Labute approximate surface area is 156 Å². The number of nitrogens with one attached hydrogen (secondary N) is 1. The van der Waals surface area contributed by atoms with Crippen molar-refractivity contribution in [2.75, 3.05) is 36.4 Å². The molecule has 1 saturated heterocycles. The highest BCUT2D eigenvalue weighted by atomic mass is 35.5. The maximum Gasteiger partial charge on any atom is 0.227 e. The standard InChI is InChI=1S/C17H19Cl2N5O/c1-11-9-16(21-13-3-4-14(18)15(19)10-13)22-17(20-11)24-7-5-23(6-8-24)12(2)25/h3-4,9-10H,5-8H2,1-2H3,(H,20,21,22). The van der Waals surface area contributed by atoms with Crippen LogP contribution in [0.25, 0.3) is 0 Å². The average molecular weight is 380 g/mol. The Morgan fingerprint density at radius 2 is 1.80 bits per heavy atom. The number of anilines is 3. The summed E-state index contributed by atoms with van der Waals surface area (Å²) in [5.74, 6) is 1.45. The van der Waals surface area contributed by atoms with Gasteiger partial charge in [-0.2, -0.15) is 4.98 Å². The summed E-state index contributed by atoms with van der Waals surface area (Å²) in [5, 5.41) is 4.23. The van der Waals surface area contributed by atoms with E-state index in [4.69, 9.17) is 23.2 Å². The molecule has 1 aromatic carbocycles. The second kappa shape index (κ2) is 7.45. The third-order valence-corrected chi connectivity index (χ3v) is 4.78. The van der Waals surface area contributed by atoms with E-state index in [1.54, 1.807) is 19.1 Å². The van der Waals surface area contributed by atoms with Crippen LogP contribution in [0.5, 0.6) is 0 Å². The van der Waals surface area contributed by atoms with E-state index in [-0.39, 0.29) is 5.91 Å². The zero-order chi connectivity index (χ0) is 18.0. The van der Waals surface area contributed by atoms with Gasteiger partial charge in [0.05, 0.1) is 10.0 Å². The number of carbonyl (C=O) groups is 1. The van der Waals surface area contributed by atoms with Gasteiger partial charge in [-0.25, -0.2) is 4.98 Å². The molecule has 0 radical (unpaired) electrons. The number of hydrogen-bond acceptors (Lipinski definition) is 5. The molecule has 0 saturated carbocycles. The van der Waals surface area contributed by atoms with Crippen LogP contribution in [0.2, 0.25) is 10.0 Å². The van der Waals surface area contributed by atoms with Gasteiger partial charge in [-0.15, -0.1) is 0 Å². The van der Waals surface area contributed by atoms with Crippen LogP contribution in [-0.4, -0.2) is 47.0 Å². The van der Waals surface area contributed by atoms with E-state index in [0.717, 1.165) is 24.5 Å². The Hall–Kier alpha value is -2.05. The van der Waals surface area contributed by atoms with Gasteiger partial charge in [-0.05, 0) is 25.1 Å². The summed E-state index contributed by atoms with van der Waals surface area (Å²) < 4.78 is 0. The average Bonchev–Trinajstić information content (AvgIpc) is 2.58. The molecule has 25 heavy (non-hydrogen) atoms. The largest absolute Gasteiger partial charge is 0.340 e. The molecule has 2 heterocycles. The first kappa shape index (κ1) is 17.8. The predicted octanol–water partition coefficient (Wildman–Crippen LogP) is 3.50. The first-order chi connectivity index (χ1) is 11.9. The molecule has 0 spiro atoms. The highest BCUT2D eigenvalue weighted by Crippen LogP contribution is 2.27. The van der Waals surface area contributed by atoms with E-state index >= 15 is 0 Å². The lowest BCUT2D eigenvalue weighted by atomic mass is 10.3. The lowest BCUT2D eigenvalue weighted by Crippen LogP contribution is -2.48. The number of piperazine rings is 1. The summed E-state index contributed by atoms with van der Waals surface area (Å²) in [7, 11) is 0. The third kappa shape index (κ3) is 4.32. The van der Waals surface area contributed by atoms with Crippen molar-refractivity contribution in [3.8, 4) is 0 Å². The molecule has 2 aromatic rings. The lowest BCUT2D eigenvalue weighted by Gasteiger charge is -2.34. The Morgan fingerprint density at radius 1 is 1.08 bits per heavy atom. The minimum atomic E-state index is 0.104. The molecule has 0 bridgehead atoms. The molecule has 8 heteroatoms. The molecular weight excluding hydrogens is 361 g/mol. The lowest BCUT2D eigenvalue weighted by molar-refractivity contribution is -0.129. The normalized spacial score (nSPS) is 14.6. The molecule has 0 aliphatic carbocycles. The van der Waals surface area contributed by atoms with Crippen LogP contribution in [0, 0.1) is 6.92 Å². The molecule has 1 aromatic heterocycles. The highest BCUT2D eigenvalue weighted by molar-refractivity contribution is 6.42. The molecule has 1 amide bonds. The molecule has 0 unspecified atom stereocenters. The quantitative estimate of drug-likeness (QED) is 0.883. The molecule has 1 fully saturated rings. The molecule has 6 nitrogen and oxygen atoms in total. The van der Waals surface area contributed by atoms with Crippen molar-refractivity contribution in [2.24, 2.45) is 0 Å².